The Balaban J connectivity index is 1.69. The van der Waals surface area contributed by atoms with E-state index in [1.54, 1.807) is 31.2 Å². The minimum absolute atomic E-state index is 0.219. The van der Waals surface area contributed by atoms with Crippen LogP contribution in [0.15, 0.2) is 71.6 Å². The average Bonchev–Trinajstić information content (AvgIpc) is 2.79. The van der Waals surface area contributed by atoms with Crippen LogP contribution in [0.4, 0.5) is 24.5 Å². The van der Waals surface area contributed by atoms with Crippen LogP contribution in [-0.4, -0.2) is 20.4 Å². The van der Waals surface area contributed by atoms with Crippen LogP contribution in [0.25, 0.3) is 0 Å². The molecular formula is C23H19Cl2F3N2O4S. The third-order valence-corrected chi connectivity index (χ3v) is 6.69. The highest BCUT2D eigenvalue weighted by Crippen LogP contribution is 2.36. The maximum absolute atomic E-state index is 13.0. The molecule has 0 aliphatic heterocycles. The summed E-state index contributed by atoms with van der Waals surface area (Å²) in [6, 6.07) is 14.3. The number of amides is 1. The molecule has 6 nitrogen and oxygen atoms in total. The first kappa shape index (κ1) is 26.7. The van der Waals surface area contributed by atoms with Crippen molar-refractivity contribution < 1.29 is 31.1 Å². The van der Waals surface area contributed by atoms with Gasteiger partial charge in [0.2, 0.25) is 0 Å². The van der Waals surface area contributed by atoms with Crippen molar-refractivity contribution in [3.63, 3.8) is 0 Å². The van der Waals surface area contributed by atoms with Crippen LogP contribution >= 0.6 is 23.2 Å². The Hall–Kier alpha value is -2.95. The van der Waals surface area contributed by atoms with E-state index in [-0.39, 0.29) is 10.6 Å². The van der Waals surface area contributed by atoms with Gasteiger partial charge >= 0.3 is 6.18 Å². The molecule has 3 rings (SSSR count). The first-order chi connectivity index (χ1) is 16.4. The lowest BCUT2D eigenvalue weighted by Gasteiger charge is -2.17. The van der Waals surface area contributed by atoms with Gasteiger partial charge in [-0.1, -0.05) is 30.1 Å². The molecule has 1 amide bonds. The van der Waals surface area contributed by atoms with Gasteiger partial charge in [-0.3, -0.25) is 9.52 Å². The maximum atomic E-state index is 13.0. The van der Waals surface area contributed by atoms with Gasteiger partial charge in [0.15, 0.2) is 6.10 Å². The number of hydrogen-bond donors (Lipinski definition) is 2. The van der Waals surface area contributed by atoms with Crippen molar-refractivity contribution in [2.75, 3.05) is 10.0 Å². The molecule has 0 saturated heterocycles. The van der Waals surface area contributed by atoms with Gasteiger partial charge < -0.3 is 10.1 Å². The minimum atomic E-state index is -4.74. The van der Waals surface area contributed by atoms with E-state index in [0.29, 0.717) is 28.9 Å². The minimum Gasteiger partial charge on any atom is -0.481 e. The number of carbonyl (C=O) groups excluding carboxylic acids is 1. The summed E-state index contributed by atoms with van der Waals surface area (Å²) in [5.74, 6) is 0.0109. The molecule has 3 aromatic rings. The molecule has 0 aliphatic carbocycles. The van der Waals surface area contributed by atoms with Crippen molar-refractivity contribution >= 4 is 50.5 Å². The number of ether oxygens (including phenoxy) is 1. The van der Waals surface area contributed by atoms with Gasteiger partial charge in [0.25, 0.3) is 15.9 Å². The van der Waals surface area contributed by atoms with Gasteiger partial charge in [-0.05, 0) is 73.2 Å². The molecule has 1 atom stereocenters. The molecular weight excluding hydrogens is 528 g/mol. The molecule has 35 heavy (non-hydrogen) atoms. The molecule has 3 aromatic carbocycles. The Morgan fingerprint density at radius 2 is 1.57 bits per heavy atom. The zero-order chi connectivity index (χ0) is 25.8. The molecule has 0 aliphatic rings. The second-order valence-corrected chi connectivity index (χ2v) is 9.81. The number of anilines is 2. The Labute approximate surface area is 210 Å². The lowest BCUT2D eigenvalue weighted by Crippen LogP contribution is -2.32. The Morgan fingerprint density at radius 3 is 2.14 bits per heavy atom. The fraction of sp³-hybridized carbons (Fsp3) is 0.174. The van der Waals surface area contributed by atoms with Crippen LogP contribution in [0, 0.1) is 0 Å². The topological polar surface area (TPSA) is 84.5 Å². The van der Waals surface area contributed by atoms with Crippen LogP contribution in [0.2, 0.25) is 10.0 Å². The number of alkyl halides is 3. The van der Waals surface area contributed by atoms with Crippen LogP contribution in [0.3, 0.4) is 0 Å². The Bertz CT molecular complexity index is 1300. The molecule has 0 aromatic heterocycles. The third-order valence-electron chi connectivity index (χ3n) is 4.71. The first-order valence-corrected chi connectivity index (χ1v) is 12.4. The summed E-state index contributed by atoms with van der Waals surface area (Å²) in [4.78, 5) is 12.4. The second-order valence-electron chi connectivity index (χ2n) is 7.28. The molecule has 0 saturated carbocycles. The Kier molecular flexibility index (Phi) is 8.19. The van der Waals surface area contributed by atoms with E-state index >= 15 is 0 Å². The fourth-order valence-corrected chi connectivity index (χ4v) is 4.36. The van der Waals surface area contributed by atoms with Crippen molar-refractivity contribution in [2.24, 2.45) is 0 Å². The quantitative estimate of drug-likeness (QED) is 0.333. The predicted molar refractivity (Wildman–Crippen MR) is 128 cm³/mol. The van der Waals surface area contributed by atoms with Gasteiger partial charge in [-0.15, -0.1) is 0 Å². The van der Waals surface area contributed by atoms with Crippen LogP contribution in [0.1, 0.15) is 18.9 Å². The summed E-state index contributed by atoms with van der Waals surface area (Å²) in [6.45, 7) is 1.77. The van der Waals surface area contributed by atoms with E-state index in [0.717, 1.165) is 12.1 Å². The lowest BCUT2D eigenvalue weighted by atomic mass is 10.2. The van der Waals surface area contributed by atoms with Crippen molar-refractivity contribution in [2.45, 2.75) is 30.5 Å². The first-order valence-electron chi connectivity index (χ1n) is 10.1. The van der Waals surface area contributed by atoms with E-state index in [9.17, 15) is 26.4 Å². The van der Waals surface area contributed by atoms with Gasteiger partial charge in [-0.25, -0.2) is 8.42 Å². The van der Waals surface area contributed by atoms with Crippen LogP contribution < -0.4 is 14.8 Å². The number of rotatable bonds is 8. The molecule has 0 fully saturated rings. The average molecular weight is 547 g/mol. The zero-order valence-electron chi connectivity index (χ0n) is 18.1. The molecule has 12 heteroatoms. The van der Waals surface area contributed by atoms with Crippen molar-refractivity contribution in [3.05, 3.63) is 82.3 Å². The van der Waals surface area contributed by atoms with Crippen LogP contribution in [-0.2, 0) is 21.0 Å². The van der Waals surface area contributed by atoms with Gasteiger partial charge in [0, 0.05) is 16.4 Å². The number of halogens is 5. The highest BCUT2D eigenvalue weighted by molar-refractivity contribution is 7.92. The highest BCUT2D eigenvalue weighted by atomic mass is 35.5. The fourth-order valence-electron chi connectivity index (χ4n) is 2.96. The second kappa shape index (κ2) is 10.8. The molecule has 186 valence electrons. The van der Waals surface area contributed by atoms with E-state index in [1.807, 2.05) is 0 Å². The lowest BCUT2D eigenvalue weighted by molar-refractivity contribution is -0.137. The predicted octanol–water partition coefficient (Wildman–Crippen LogP) is 6.61. The maximum Gasteiger partial charge on any atom is 0.417 e. The number of carbonyl (C=O) groups is 1. The zero-order valence-corrected chi connectivity index (χ0v) is 20.4. The number of nitrogens with one attached hydrogen (secondary N) is 2. The summed E-state index contributed by atoms with van der Waals surface area (Å²) in [5.41, 5.74) is -1.16. The molecule has 0 unspecified atom stereocenters. The van der Waals surface area contributed by atoms with E-state index in [4.69, 9.17) is 27.9 Å². The molecule has 0 heterocycles. The summed E-state index contributed by atoms with van der Waals surface area (Å²) < 4.78 is 72.1. The van der Waals surface area contributed by atoms with Gasteiger partial charge in [-0.2, -0.15) is 13.2 Å². The van der Waals surface area contributed by atoms with Crippen LogP contribution in [0.5, 0.6) is 5.75 Å². The van der Waals surface area contributed by atoms with E-state index in [1.165, 1.54) is 24.3 Å². The van der Waals surface area contributed by atoms with E-state index < -0.39 is 38.8 Å². The molecule has 0 bridgehead atoms. The largest absolute Gasteiger partial charge is 0.481 e. The summed E-state index contributed by atoms with van der Waals surface area (Å²) in [5, 5.41) is 2.61. The third kappa shape index (κ3) is 7.03. The van der Waals surface area contributed by atoms with Crippen molar-refractivity contribution in [3.8, 4) is 5.75 Å². The summed E-state index contributed by atoms with van der Waals surface area (Å²) >= 11 is 11.4. The molecule has 0 radical (unpaired) electrons. The summed E-state index contributed by atoms with van der Waals surface area (Å²) in [6.07, 6.45) is -5.19. The van der Waals surface area contributed by atoms with Crippen molar-refractivity contribution in [1.82, 2.24) is 0 Å². The molecule has 2 N–H and O–H groups in total. The van der Waals surface area contributed by atoms with Gasteiger partial charge in [0.05, 0.1) is 15.5 Å². The number of sulfonamides is 1. The monoisotopic (exact) mass is 546 g/mol. The van der Waals surface area contributed by atoms with Crippen molar-refractivity contribution in [1.29, 1.82) is 0 Å². The Morgan fingerprint density at radius 1 is 0.971 bits per heavy atom. The smallest absolute Gasteiger partial charge is 0.417 e. The van der Waals surface area contributed by atoms with E-state index in [2.05, 4.69) is 10.0 Å². The normalized spacial score (nSPS) is 12.6. The summed E-state index contributed by atoms with van der Waals surface area (Å²) in [7, 11) is -4.21. The SMILES string of the molecule is CC[C@H](Oc1ccc(Cl)cc1)C(=O)Nc1ccc(S(=O)(=O)Nc2ccc(Cl)c(C(F)(F)F)c2)cc1. The standard InChI is InChI=1S/C23H19Cl2F3N2O4S/c1-2-21(34-17-8-3-14(24)4-9-17)22(31)29-15-5-10-18(11-6-15)35(32,33)30-16-7-12-20(25)19(13-16)23(26,27)28/h3-13,21,30H,2H2,1H3,(H,29,31)/t21-/m0/s1. The molecule has 0 spiro atoms. The number of hydrogen-bond acceptors (Lipinski definition) is 4. The highest BCUT2D eigenvalue weighted by Gasteiger charge is 2.33. The van der Waals surface area contributed by atoms with Gasteiger partial charge in [0.1, 0.15) is 5.75 Å². The number of benzene rings is 3.